The predicted molar refractivity (Wildman–Crippen MR) is 183 cm³/mol. The van der Waals surface area contributed by atoms with Gasteiger partial charge in [0.1, 0.15) is 18.5 Å². The highest BCUT2D eigenvalue weighted by Crippen LogP contribution is 2.34. The maximum absolute atomic E-state index is 12.7. The molecule has 2 heterocycles. The summed E-state index contributed by atoms with van der Waals surface area (Å²) in [7, 11) is 0. The van der Waals surface area contributed by atoms with E-state index in [4.69, 9.17) is 14.2 Å². The van der Waals surface area contributed by atoms with Crippen LogP contribution in [0.1, 0.15) is 109 Å². The van der Waals surface area contributed by atoms with Crippen molar-refractivity contribution < 1.29 is 28.9 Å². The van der Waals surface area contributed by atoms with Crippen molar-refractivity contribution in [1.82, 2.24) is 0 Å². The Morgan fingerprint density at radius 2 is 1.67 bits per heavy atom. The number of esters is 2. The third-order valence-electron chi connectivity index (χ3n) is 9.23. The molecule has 2 aromatic carbocycles. The van der Waals surface area contributed by atoms with E-state index in [9.17, 15) is 14.7 Å². The summed E-state index contributed by atoms with van der Waals surface area (Å²) in [5.41, 5.74) is 4.66. The summed E-state index contributed by atoms with van der Waals surface area (Å²) in [6, 6.07) is 15.3. The van der Waals surface area contributed by atoms with Gasteiger partial charge in [0.05, 0.1) is 6.61 Å². The molecule has 2 aromatic rings. The van der Waals surface area contributed by atoms with E-state index in [1.54, 1.807) is 0 Å². The lowest BCUT2D eigenvalue weighted by atomic mass is 9.86. The van der Waals surface area contributed by atoms with Gasteiger partial charge in [0.25, 0.3) is 0 Å². The minimum Gasteiger partial charge on any atom is -0.490 e. The van der Waals surface area contributed by atoms with Crippen LogP contribution in [0.2, 0.25) is 0 Å². The van der Waals surface area contributed by atoms with Gasteiger partial charge in [-0.2, -0.15) is 0 Å². The Kier molecular flexibility index (Phi) is 12.2. The molecule has 6 heteroatoms. The van der Waals surface area contributed by atoms with Crippen molar-refractivity contribution in [2.45, 2.75) is 123 Å². The first kappa shape index (κ1) is 35.7. The quantitative estimate of drug-likeness (QED) is 0.158. The molecule has 2 aliphatic rings. The number of carbonyl (C=O) groups is 2. The van der Waals surface area contributed by atoms with Crippen LogP contribution in [0.5, 0.6) is 5.75 Å². The number of benzene rings is 2. The van der Waals surface area contributed by atoms with E-state index < -0.39 is 18.2 Å². The van der Waals surface area contributed by atoms with Gasteiger partial charge in [-0.1, -0.05) is 90.9 Å². The Morgan fingerprint density at radius 3 is 2.30 bits per heavy atom. The second kappa shape index (κ2) is 15.6. The highest BCUT2D eigenvalue weighted by atomic mass is 16.6. The number of allylic oxidation sites excluding steroid dienone is 1. The number of fused-ring (bicyclic) bond motifs is 1. The van der Waals surface area contributed by atoms with Crippen LogP contribution in [0.15, 0.2) is 54.1 Å². The van der Waals surface area contributed by atoms with Gasteiger partial charge in [0, 0.05) is 24.8 Å². The summed E-state index contributed by atoms with van der Waals surface area (Å²) in [6.45, 7) is 15.0. The Balaban J connectivity index is 1.22. The van der Waals surface area contributed by atoms with Gasteiger partial charge in [0.2, 0.25) is 0 Å². The van der Waals surface area contributed by atoms with E-state index in [1.807, 2.05) is 12.1 Å². The van der Waals surface area contributed by atoms with E-state index in [0.29, 0.717) is 29.7 Å². The van der Waals surface area contributed by atoms with E-state index >= 15 is 0 Å². The van der Waals surface area contributed by atoms with Crippen LogP contribution in [0.4, 0.5) is 0 Å². The van der Waals surface area contributed by atoms with E-state index in [1.165, 1.54) is 22.3 Å². The Bertz CT molecular complexity index is 1340. The van der Waals surface area contributed by atoms with Crippen molar-refractivity contribution in [2.75, 3.05) is 13.2 Å². The van der Waals surface area contributed by atoms with E-state index in [-0.39, 0.29) is 36.9 Å². The molecule has 1 fully saturated rings. The molecular weight excluding hydrogens is 576 g/mol. The van der Waals surface area contributed by atoms with Crippen LogP contribution in [-0.4, -0.2) is 42.0 Å². The maximum Gasteiger partial charge on any atom is 0.334 e. The Hall–Kier alpha value is -3.12. The molecule has 0 saturated carbocycles. The summed E-state index contributed by atoms with van der Waals surface area (Å²) in [4.78, 5) is 25.4. The van der Waals surface area contributed by atoms with Crippen LogP contribution in [0.3, 0.4) is 0 Å². The highest BCUT2D eigenvalue weighted by Gasteiger charge is 2.44. The van der Waals surface area contributed by atoms with Gasteiger partial charge in [-0.25, -0.2) is 4.79 Å². The van der Waals surface area contributed by atoms with Crippen molar-refractivity contribution in [1.29, 1.82) is 0 Å². The van der Waals surface area contributed by atoms with E-state index in [2.05, 4.69) is 84.9 Å². The van der Waals surface area contributed by atoms with Crippen molar-refractivity contribution >= 4 is 11.9 Å². The molecule has 2 atom stereocenters. The average molecular weight is 633 g/mol. The fraction of sp³-hybridized carbons (Fsp3) is 0.600. The van der Waals surface area contributed by atoms with Crippen LogP contribution >= 0.6 is 0 Å². The van der Waals surface area contributed by atoms with Crippen LogP contribution in [0, 0.1) is 17.8 Å². The lowest BCUT2D eigenvalue weighted by Gasteiger charge is -2.24. The highest BCUT2D eigenvalue weighted by molar-refractivity contribution is 5.91. The van der Waals surface area contributed by atoms with Crippen LogP contribution < -0.4 is 4.74 Å². The Labute approximate surface area is 276 Å². The van der Waals surface area contributed by atoms with Crippen LogP contribution in [0.25, 0.3) is 0 Å². The molecule has 0 bridgehead atoms. The fourth-order valence-electron chi connectivity index (χ4n) is 6.73. The minimum absolute atomic E-state index is 0.0852. The largest absolute Gasteiger partial charge is 0.490 e. The lowest BCUT2D eigenvalue weighted by molar-refractivity contribution is -0.166. The maximum atomic E-state index is 12.7. The number of hydrogen-bond acceptors (Lipinski definition) is 6. The number of cyclic esters (lactones) is 1. The number of aliphatic hydroxyl groups excluding tert-OH is 1. The van der Waals surface area contributed by atoms with Gasteiger partial charge < -0.3 is 19.3 Å². The summed E-state index contributed by atoms with van der Waals surface area (Å²) < 4.78 is 17.3. The second-order valence-electron chi connectivity index (χ2n) is 15.5. The molecule has 6 nitrogen and oxygen atoms in total. The standard InChI is InChI=1S/C40H56O6/c1-27(2)20-31(21-28(3)4)10-14-32-24-40(25-41,46-38(32)43)26-44-37(42)19-17-35-23-33-22-30(13-18-36(33)45-35)9-8-29-11-15-34(16-12-29)39(5,6)7/h11-16,18,22,27-28,31,35,41H,8-10,17,19-21,23-26H2,1-7H3/b32-14+/t35-,40+/m0/s1. The minimum atomic E-state index is -1.21. The summed E-state index contributed by atoms with van der Waals surface area (Å²) in [5, 5.41) is 10.1. The molecule has 0 unspecified atom stereocenters. The van der Waals surface area contributed by atoms with Gasteiger partial charge in [-0.3, -0.25) is 4.79 Å². The summed E-state index contributed by atoms with van der Waals surface area (Å²) in [6.07, 6.45) is 8.58. The van der Waals surface area contributed by atoms with Gasteiger partial charge >= 0.3 is 11.9 Å². The normalized spacial score (nSPS) is 20.5. The third-order valence-corrected chi connectivity index (χ3v) is 9.23. The zero-order valence-corrected chi connectivity index (χ0v) is 29.2. The van der Waals surface area contributed by atoms with E-state index in [0.717, 1.165) is 44.3 Å². The molecule has 0 aliphatic carbocycles. The molecule has 4 rings (SSSR count). The molecule has 0 aromatic heterocycles. The number of ether oxygens (including phenoxy) is 3. The van der Waals surface area contributed by atoms with Crippen molar-refractivity contribution in [3.05, 3.63) is 76.4 Å². The summed E-state index contributed by atoms with van der Waals surface area (Å²) >= 11 is 0. The molecule has 46 heavy (non-hydrogen) atoms. The number of hydrogen-bond donors (Lipinski definition) is 1. The van der Waals surface area contributed by atoms with Gasteiger partial charge in [-0.15, -0.1) is 0 Å². The second-order valence-corrected chi connectivity index (χ2v) is 15.5. The first-order chi connectivity index (χ1) is 21.7. The predicted octanol–water partition coefficient (Wildman–Crippen LogP) is 8.10. The summed E-state index contributed by atoms with van der Waals surface area (Å²) in [5.74, 6) is 1.75. The Morgan fingerprint density at radius 1 is 1.02 bits per heavy atom. The molecular formula is C40H56O6. The lowest BCUT2D eigenvalue weighted by Crippen LogP contribution is -2.39. The average Bonchev–Trinajstić information content (AvgIpc) is 3.55. The third kappa shape index (κ3) is 10.2. The zero-order valence-electron chi connectivity index (χ0n) is 29.2. The molecule has 1 saturated heterocycles. The molecule has 1 N–H and O–H groups in total. The molecule has 0 amide bonds. The van der Waals surface area contributed by atoms with Crippen molar-refractivity contribution in [2.24, 2.45) is 17.8 Å². The van der Waals surface area contributed by atoms with Crippen LogP contribution in [-0.2, 0) is 43.7 Å². The molecule has 0 spiro atoms. The number of rotatable bonds is 15. The first-order valence-electron chi connectivity index (χ1n) is 17.3. The SMILES string of the molecule is CC(C)CC(C/C=C1\C[C@@](CO)(COC(=O)CC[C@H]2Cc3cc(CCc4ccc(C(C)(C)C)cc4)ccc3O2)OC1=O)CC(C)C. The zero-order chi connectivity index (χ0) is 33.5. The van der Waals surface area contributed by atoms with Gasteiger partial charge in [0.15, 0.2) is 5.60 Å². The smallest absolute Gasteiger partial charge is 0.334 e. The van der Waals surface area contributed by atoms with Crippen molar-refractivity contribution in [3.63, 3.8) is 0 Å². The monoisotopic (exact) mass is 632 g/mol. The number of carbonyl (C=O) groups excluding carboxylic acids is 2. The van der Waals surface area contributed by atoms with Gasteiger partial charge in [-0.05, 0) is 90.0 Å². The topological polar surface area (TPSA) is 82.1 Å². The first-order valence-corrected chi connectivity index (χ1v) is 17.3. The number of aliphatic hydroxyl groups is 1. The molecule has 252 valence electrons. The van der Waals surface area contributed by atoms with Crippen molar-refractivity contribution in [3.8, 4) is 5.75 Å². The fourth-order valence-corrected chi connectivity index (χ4v) is 6.73. The molecule has 0 radical (unpaired) electrons. The molecule has 2 aliphatic heterocycles. The number of aryl methyl sites for hydroxylation is 2.